The molecular weight excluding hydrogens is 642 g/mol. The standard InChI is InChI=1S/C32H47N7O8S/c1-20-15-39(21(2)18-40)31(41)26-14-25(36-48(43,44)29-17-37(6)19-33-29)11-12-27(26)46-22(3)10-8-9-13-45-28(20)16-38(7)32(42)34-30-23(4)35-47-24(30)5/h11-12,14,17,19-22,28,36,40H,8-10,13,15-16,18H2,1-7H3,(H,34,42)/t20-,21-,22+,28+/m0/s1. The molecule has 0 saturated carbocycles. The van der Waals surface area contributed by atoms with Crippen molar-refractivity contribution in [2.75, 3.05) is 43.4 Å². The van der Waals surface area contributed by atoms with E-state index < -0.39 is 28.1 Å². The Morgan fingerprint density at radius 2 is 1.98 bits per heavy atom. The van der Waals surface area contributed by atoms with Crippen molar-refractivity contribution in [2.24, 2.45) is 13.0 Å². The first-order chi connectivity index (χ1) is 22.7. The fraction of sp³-hybridized carbons (Fsp3) is 0.562. The molecule has 16 heteroatoms. The van der Waals surface area contributed by atoms with Crippen molar-refractivity contribution >= 4 is 33.3 Å². The number of imidazole rings is 1. The number of amides is 3. The van der Waals surface area contributed by atoms with Crippen LogP contribution in [0.5, 0.6) is 5.75 Å². The minimum absolute atomic E-state index is 0.140. The van der Waals surface area contributed by atoms with Crippen molar-refractivity contribution < 1.29 is 37.1 Å². The summed E-state index contributed by atoms with van der Waals surface area (Å²) in [4.78, 5) is 34.5. The van der Waals surface area contributed by atoms with Crippen LogP contribution >= 0.6 is 0 Å². The number of aryl methyl sites for hydroxylation is 3. The lowest BCUT2D eigenvalue weighted by Gasteiger charge is -2.35. The second-order valence-corrected chi connectivity index (χ2v) is 14.1. The number of nitrogens with one attached hydrogen (secondary N) is 2. The Hall–Kier alpha value is -4.15. The molecule has 4 atom stereocenters. The van der Waals surface area contributed by atoms with E-state index in [9.17, 15) is 23.1 Å². The second-order valence-electron chi connectivity index (χ2n) is 12.5. The number of sulfonamides is 1. The van der Waals surface area contributed by atoms with Crippen molar-refractivity contribution in [3.05, 3.63) is 47.7 Å². The quantitative estimate of drug-likeness (QED) is 0.315. The fourth-order valence-corrected chi connectivity index (χ4v) is 6.43. The van der Waals surface area contributed by atoms with Gasteiger partial charge in [-0.25, -0.2) is 9.78 Å². The Balaban J connectivity index is 1.63. The van der Waals surface area contributed by atoms with Crippen LogP contribution in [-0.2, 0) is 21.8 Å². The van der Waals surface area contributed by atoms with Crippen molar-refractivity contribution in [1.82, 2.24) is 24.5 Å². The highest BCUT2D eigenvalue weighted by molar-refractivity contribution is 7.92. The van der Waals surface area contributed by atoms with Crippen LogP contribution in [-0.4, -0.2) is 102 Å². The third-order valence-corrected chi connectivity index (χ3v) is 9.59. The molecule has 1 aliphatic rings. The lowest BCUT2D eigenvalue weighted by molar-refractivity contribution is -0.0115. The van der Waals surface area contributed by atoms with Gasteiger partial charge in [0.15, 0.2) is 10.8 Å². The zero-order valence-electron chi connectivity index (χ0n) is 28.6. The van der Waals surface area contributed by atoms with Crippen LogP contribution in [0.15, 0.2) is 40.3 Å². The fourth-order valence-electron chi connectivity index (χ4n) is 5.40. The molecule has 0 spiro atoms. The van der Waals surface area contributed by atoms with Crippen LogP contribution in [0.4, 0.5) is 16.2 Å². The van der Waals surface area contributed by atoms with E-state index in [1.165, 1.54) is 39.0 Å². The molecule has 0 bridgehead atoms. The van der Waals surface area contributed by atoms with Gasteiger partial charge in [0.05, 0.1) is 36.7 Å². The number of anilines is 2. The Morgan fingerprint density at radius 3 is 2.62 bits per heavy atom. The van der Waals surface area contributed by atoms with Crippen molar-refractivity contribution in [3.63, 3.8) is 0 Å². The van der Waals surface area contributed by atoms with Gasteiger partial charge in [-0.15, -0.1) is 0 Å². The normalized spacial score (nSPS) is 20.3. The van der Waals surface area contributed by atoms with Crippen molar-refractivity contribution in [3.8, 4) is 5.75 Å². The highest BCUT2D eigenvalue weighted by atomic mass is 32.2. The topological polar surface area (TPSA) is 181 Å². The predicted molar refractivity (Wildman–Crippen MR) is 179 cm³/mol. The molecular formula is C32H47N7O8S. The Bertz CT molecular complexity index is 1650. The van der Waals surface area contributed by atoms with Gasteiger partial charge in [0.25, 0.3) is 15.9 Å². The molecule has 3 aromatic rings. The maximum Gasteiger partial charge on any atom is 0.321 e. The van der Waals surface area contributed by atoms with Gasteiger partial charge in [0, 0.05) is 51.6 Å². The average molecular weight is 690 g/mol. The Kier molecular flexibility index (Phi) is 12.1. The first-order valence-electron chi connectivity index (χ1n) is 16.0. The van der Waals surface area contributed by atoms with E-state index >= 15 is 0 Å². The van der Waals surface area contributed by atoms with Gasteiger partial charge in [0.1, 0.15) is 17.1 Å². The van der Waals surface area contributed by atoms with Gasteiger partial charge in [-0.1, -0.05) is 12.1 Å². The monoisotopic (exact) mass is 689 g/mol. The van der Waals surface area contributed by atoms with Crippen LogP contribution in [0.1, 0.15) is 61.8 Å². The van der Waals surface area contributed by atoms with E-state index in [-0.39, 0.29) is 54.0 Å². The molecule has 0 aliphatic carbocycles. The molecule has 15 nitrogen and oxygen atoms in total. The van der Waals surface area contributed by atoms with Gasteiger partial charge in [-0.05, 0) is 65.2 Å². The highest BCUT2D eigenvalue weighted by Crippen LogP contribution is 2.29. The van der Waals surface area contributed by atoms with Crippen LogP contribution in [0.2, 0.25) is 0 Å². The number of fused-ring (bicyclic) bond motifs is 1. The molecule has 3 heterocycles. The first kappa shape index (κ1) is 36.7. The van der Waals surface area contributed by atoms with Crippen LogP contribution in [0.25, 0.3) is 0 Å². The highest BCUT2D eigenvalue weighted by Gasteiger charge is 2.31. The lowest BCUT2D eigenvalue weighted by Crippen LogP contribution is -2.48. The number of hydrogen-bond acceptors (Lipinski definition) is 10. The minimum Gasteiger partial charge on any atom is -0.490 e. The van der Waals surface area contributed by atoms with Gasteiger partial charge < -0.3 is 38.8 Å². The molecule has 48 heavy (non-hydrogen) atoms. The summed E-state index contributed by atoms with van der Waals surface area (Å²) in [5.74, 6) is 0.0611. The molecule has 2 aromatic heterocycles. The van der Waals surface area contributed by atoms with E-state index in [2.05, 4.69) is 20.2 Å². The van der Waals surface area contributed by atoms with Crippen molar-refractivity contribution in [1.29, 1.82) is 0 Å². The predicted octanol–water partition coefficient (Wildman–Crippen LogP) is 3.79. The lowest BCUT2D eigenvalue weighted by atomic mass is 10.0. The summed E-state index contributed by atoms with van der Waals surface area (Å²) in [5.41, 5.74) is 1.37. The second kappa shape index (κ2) is 15.8. The summed E-state index contributed by atoms with van der Waals surface area (Å²) in [7, 11) is -0.711. The third-order valence-electron chi connectivity index (χ3n) is 8.33. The van der Waals surface area contributed by atoms with E-state index in [0.717, 1.165) is 12.8 Å². The summed E-state index contributed by atoms with van der Waals surface area (Å²) >= 11 is 0. The maximum absolute atomic E-state index is 14.3. The summed E-state index contributed by atoms with van der Waals surface area (Å²) in [6, 6.07) is 3.60. The minimum atomic E-state index is -4.04. The Labute approximate surface area is 281 Å². The first-order valence-corrected chi connectivity index (χ1v) is 17.5. The van der Waals surface area contributed by atoms with Crippen molar-refractivity contribution in [2.45, 2.75) is 77.2 Å². The molecule has 1 aliphatic heterocycles. The molecule has 3 N–H and O–H groups in total. The van der Waals surface area contributed by atoms with E-state index in [4.69, 9.17) is 14.0 Å². The van der Waals surface area contributed by atoms with Gasteiger partial charge in [0.2, 0.25) is 0 Å². The van der Waals surface area contributed by atoms with Gasteiger partial charge in [-0.3, -0.25) is 9.52 Å². The van der Waals surface area contributed by atoms with E-state index in [1.54, 1.807) is 40.9 Å². The average Bonchev–Trinajstić information content (AvgIpc) is 3.63. The zero-order chi connectivity index (χ0) is 35.2. The summed E-state index contributed by atoms with van der Waals surface area (Å²) in [6.45, 7) is 9.54. The summed E-state index contributed by atoms with van der Waals surface area (Å²) < 4.78 is 47.9. The molecule has 4 rings (SSSR count). The SMILES string of the molecule is Cc1noc(C)c1NC(=O)N(C)C[C@H]1OCCCC[C@@H](C)Oc2ccc(NS(=O)(=O)c3cn(C)cn3)cc2C(=O)N([C@@H](C)CO)C[C@@H]1C. The van der Waals surface area contributed by atoms with Crippen LogP contribution in [0.3, 0.4) is 0 Å². The zero-order valence-corrected chi connectivity index (χ0v) is 29.4. The summed E-state index contributed by atoms with van der Waals surface area (Å²) in [5, 5.41) is 16.8. The number of aliphatic hydroxyl groups excluding tert-OH is 1. The number of aromatic nitrogens is 3. The summed E-state index contributed by atoms with van der Waals surface area (Å²) in [6.07, 6.45) is 4.27. The molecule has 0 saturated heterocycles. The van der Waals surface area contributed by atoms with E-state index in [1.807, 2.05) is 13.8 Å². The largest absolute Gasteiger partial charge is 0.490 e. The smallest absolute Gasteiger partial charge is 0.321 e. The molecule has 0 radical (unpaired) electrons. The van der Waals surface area contributed by atoms with Gasteiger partial charge >= 0.3 is 6.03 Å². The van der Waals surface area contributed by atoms with Crippen LogP contribution < -0.4 is 14.8 Å². The number of ether oxygens (including phenoxy) is 2. The number of rotatable bonds is 8. The number of carbonyl (C=O) groups is 2. The number of aliphatic hydroxyl groups is 1. The number of nitrogens with zero attached hydrogens (tertiary/aromatic N) is 5. The van der Waals surface area contributed by atoms with E-state index in [0.29, 0.717) is 35.9 Å². The molecule has 0 unspecified atom stereocenters. The third kappa shape index (κ3) is 9.05. The number of hydrogen-bond donors (Lipinski definition) is 3. The molecule has 264 valence electrons. The number of benzene rings is 1. The molecule has 3 amide bonds. The number of urea groups is 1. The molecule has 0 fully saturated rings. The maximum atomic E-state index is 14.3. The molecule has 1 aromatic carbocycles. The number of likely N-dealkylation sites (N-methyl/N-ethyl adjacent to an activating group) is 1. The number of carbonyl (C=O) groups excluding carboxylic acids is 2. The Morgan fingerprint density at radius 1 is 1.23 bits per heavy atom. The van der Waals surface area contributed by atoms with Gasteiger partial charge in [-0.2, -0.15) is 8.42 Å². The van der Waals surface area contributed by atoms with Crippen LogP contribution in [0, 0.1) is 19.8 Å².